The van der Waals surface area contributed by atoms with Crippen LogP contribution in [-0.4, -0.2) is 59.1 Å². The number of piperidine rings is 1. The first kappa shape index (κ1) is 22.8. The molecule has 33 heavy (non-hydrogen) atoms. The number of para-hydroxylation sites is 1. The molecule has 1 fully saturated rings. The molecule has 1 aromatic carbocycles. The van der Waals surface area contributed by atoms with Gasteiger partial charge in [0.2, 0.25) is 0 Å². The van der Waals surface area contributed by atoms with Crippen LogP contribution >= 0.6 is 0 Å². The fourth-order valence-corrected chi connectivity index (χ4v) is 4.32. The zero-order chi connectivity index (χ0) is 23.5. The van der Waals surface area contributed by atoms with Gasteiger partial charge < -0.3 is 18.8 Å². The second kappa shape index (κ2) is 9.62. The molecule has 0 aliphatic carbocycles. The van der Waals surface area contributed by atoms with Crippen molar-refractivity contribution in [3.8, 4) is 5.75 Å². The summed E-state index contributed by atoms with van der Waals surface area (Å²) in [7, 11) is 3.08. The number of hydrogen-bond acceptors (Lipinski definition) is 7. The second-order valence-corrected chi connectivity index (χ2v) is 7.99. The highest BCUT2D eigenvalue weighted by atomic mass is 16.5. The van der Waals surface area contributed by atoms with Crippen molar-refractivity contribution in [1.29, 1.82) is 0 Å². The minimum absolute atomic E-state index is 0.00325. The van der Waals surface area contributed by atoms with Gasteiger partial charge in [-0.25, -0.2) is 14.3 Å². The number of methoxy groups -OCH3 is 2. The van der Waals surface area contributed by atoms with Crippen LogP contribution in [0.3, 0.4) is 0 Å². The minimum atomic E-state index is -0.684. The number of carbonyl (C=O) groups excluding carboxylic acids is 1. The number of aromatic nitrogens is 3. The van der Waals surface area contributed by atoms with E-state index >= 15 is 0 Å². The van der Waals surface area contributed by atoms with E-state index < -0.39 is 5.63 Å². The Hall–Kier alpha value is -3.40. The molecule has 10 nitrogen and oxygen atoms in total. The molecule has 1 amide bonds. The number of rotatable bonds is 7. The summed E-state index contributed by atoms with van der Waals surface area (Å²) < 4.78 is 18.8. The number of ether oxygens (including phenoxy) is 2. The third kappa shape index (κ3) is 4.30. The van der Waals surface area contributed by atoms with Crippen molar-refractivity contribution in [2.75, 3.05) is 33.9 Å². The molecule has 4 rings (SSSR count). The van der Waals surface area contributed by atoms with Crippen molar-refractivity contribution in [3.05, 3.63) is 56.6 Å². The molecule has 1 aliphatic heterocycles. The molecule has 176 valence electrons. The summed E-state index contributed by atoms with van der Waals surface area (Å²) in [6, 6.07) is 6.81. The summed E-state index contributed by atoms with van der Waals surface area (Å²) >= 11 is 0. The molecular weight excluding hydrogens is 428 g/mol. The number of nitrogens with zero attached hydrogens (tertiary/aromatic N) is 4. The first-order valence-corrected chi connectivity index (χ1v) is 11.0. The van der Waals surface area contributed by atoms with E-state index in [1.807, 2.05) is 6.92 Å². The van der Waals surface area contributed by atoms with Gasteiger partial charge in [0, 0.05) is 38.0 Å². The smallest absolute Gasteiger partial charge is 0.349 e. The molecule has 0 unspecified atom stereocenters. The Kier molecular flexibility index (Phi) is 6.64. The predicted octanol–water partition coefficient (Wildman–Crippen LogP) is 1.85. The van der Waals surface area contributed by atoms with Gasteiger partial charge in [-0.3, -0.25) is 9.36 Å². The van der Waals surface area contributed by atoms with E-state index in [0.717, 1.165) is 5.82 Å². The maximum atomic E-state index is 13.1. The molecular formula is C23H28N4O6. The molecule has 0 bridgehead atoms. The van der Waals surface area contributed by atoms with Crippen LogP contribution < -0.4 is 16.1 Å². The molecule has 0 atom stereocenters. The fraction of sp³-hybridized carbons (Fsp3) is 0.478. The molecule has 1 aliphatic rings. The first-order valence-electron chi connectivity index (χ1n) is 11.0. The van der Waals surface area contributed by atoms with Gasteiger partial charge in [-0.15, -0.1) is 0 Å². The van der Waals surface area contributed by atoms with Crippen molar-refractivity contribution < 1.29 is 18.7 Å². The standard InChI is InChI=1S/C23H28N4O6/c1-4-26-20(24-27(23(26)30)12-13-31-2)15-8-10-25(11-9-15)21(28)17-14-16-6-5-7-18(32-3)19(16)33-22(17)29/h5-7,14-15H,4,8-13H2,1-3H3. The average molecular weight is 456 g/mol. The average Bonchev–Trinajstić information content (AvgIpc) is 3.16. The lowest BCUT2D eigenvalue weighted by Gasteiger charge is -2.31. The number of hydrogen-bond donors (Lipinski definition) is 0. The third-order valence-corrected chi connectivity index (χ3v) is 6.10. The van der Waals surface area contributed by atoms with Crippen LogP contribution in [0, 0.1) is 0 Å². The Morgan fingerprint density at radius 1 is 1.21 bits per heavy atom. The predicted molar refractivity (Wildman–Crippen MR) is 121 cm³/mol. The van der Waals surface area contributed by atoms with Crippen molar-refractivity contribution in [2.45, 2.75) is 38.8 Å². The van der Waals surface area contributed by atoms with Gasteiger partial charge in [-0.1, -0.05) is 12.1 Å². The normalized spacial score (nSPS) is 14.7. The molecule has 0 N–H and O–H groups in total. The maximum absolute atomic E-state index is 13.1. The van der Waals surface area contributed by atoms with Gasteiger partial charge in [0.1, 0.15) is 11.4 Å². The van der Waals surface area contributed by atoms with Crippen molar-refractivity contribution in [2.24, 2.45) is 0 Å². The van der Waals surface area contributed by atoms with E-state index in [9.17, 15) is 14.4 Å². The Bertz CT molecular complexity index is 1270. The molecule has 0 saturated carbocycles. The fourth-order valence-electron chi connectivity index (χ4n) is 4.32. The lowest BCUT2D eigenvalue weighted by Crippen LogP contribution is -2.40. The maximum Gasteiger partial charge on any atom is 0.349 e. The van der Waals surface area contributed by atoms with E-state index in [2.05, 4.69) is 5.10 Å². The molecule has 2 aromatic heterocycles. The molecule has 3 heterocycles. The molecule has 1 saturated heterocycles. The van der Waals surface area contributed by atoms with Crippen molar-refractivity contribution in [3.63, 3.8) is 0 Å². The first-order chi connectivity index (χ1) is 16.0. The lowest BCUT2D eigenvalue weighted by molar-refractivity contribution is 0.0706. The Balaban J connectivity index is 1.52. The number of fused-ring (bicyclic) bond motifs is 1. The van der Waals surface area contributed by atoms with Crippen LogP contribution in [-0.2, 0) is 17.8 Å². The van der Waals surface area contributed by atoms with Gasteiger partial charge in [0.05, 0.1) is 20.3 Å². The lowest BCUT2D eigenvalue weighted by atomic mass is 9.95. The molecule has 0 radical (unpaired) electrons. The highest BCUT2D eigenvalue weighted by Gasteiger charge is 2.30. The van der Waals surface area contributed by atoms with E-state index in [4.69, 9.17) is 13.9 Å². The Labute approximate surface area is 190 Å². The summed E-state index contributed by atoms with van der Waals surface area (Å²) in [6.07, 6.45) is 1.30. The van der Waals surface area contributed by atoms with E-state index in [-0.39, 0.29) is 23.1 Å². The SMILES string of the molecule is CCn1c(C2CCN(C(=O)c3cc4cccc(OC)c4oc3=O)CC2)nn(CCOC)c1=O. The highest BCUT2D eigenvalue weighted by molar-refractivity contribution is 5.97. The summed E-state index contributed by atoms with van der Waals surface area (Å²) in [5, 5.41) is 5.17. The topological polar surface area (TPSA) is 109 Å². The number of amides is 1. The Morgan fingerprint density at radius 3 is 2.64 bits per heavy atom. The van der Waals surface area contributed by atoms with Gasteiger partial charge in [0.15, 0.2) is 11.3 Å². The molecule has 3 aromatic rings. The van der Waals surface area contributed by atoms with E-state index in [0.29, 0.717) is 62.3 Å². The van der Waals surface area contributed by atoms with Crippen LogP contribution in [0.2, 0.25) is 0 Å². The largest absolute Gasteiger partial charge is 0.493 e. The Morgan fingerprint density at radius 2 is 1.97 bits per heavy atom. The van der Waals surface area contributed by atoms with Gasteiger partial charge in [-0.2, -0.15) is 5.10 Å². The van der Waals surface area contributed by atoms with Crippen molar-refractivity contribution >= 4 is 16.9 Å². The minimum Gasteiger partial charge on any atom is -0.493 e. The van der Waals surface area contributed by atoms with Crippen LogP contribution in [0.4, 0.5) is 0 Å². The van der Waals surface area contributed by atoms with Crippen LogP contribution in [0.1, 0.15) is 41.9 Å². The number of benzene rings is 1. The third-order valence-electron chi connectivity index (χ3n) is 6.10. The van der Waals surface area contributed by atoms with Crippen LogP contribution in [0.15, 0.2) is 38.3 Å². The zero-order valence-corrected chi connectivity index (χ0v) is 19.1. The monoisotopic (exact) mass is 456 g/mol. The van der Waals surface area contributed by atoms with Gasteiger partial charge in [-0.05, 0) is 31.9 Å². The summed E-state index contributed by atoms with van der Waals surface area (Å²) in [5.41, 5.74) is -0.506. The molecule has 10 heteroatoms. The number of likely N-dealkylation sites (tertiary alicyclic amines) is 1. The summed E-state index contributed by atoms with van der Waals surface area (Å²) in [4.78, 5) is 39.9. The van der Waals surface area contributed by atoms with Gasteiger partial charge >= 0.3 is 11.3 Å². The summed E-state index contributed by atoms with van der Waals surface area (Å²) in [6.45, 7) is 4.17. The quantitative estimate of drug-likeness (QED) is 0.499. The number of carbonyl (C=O) groups is 1. The zero-order valence-electron chi connectivity index (χ0n) is 19.1. The van der Waals surface area contributed by atoms with E-state index in [1.54, 1.807) is 40.8 Å². The summed E-state index contributed by atoms with van der Waals surface area (Å²) in [5.74, 6) is 0.882. The van der Waals surface area contributed by atoms with Gasteiger partial charge in [0.25, 0.3) is 5.91 Å². The van der Waals surface area contributed by atoms with Crippen LogP contribution in [0.25, 0.3) is 11.0 Å². The van der Waals surface area contributed by atoms with Crippen molar-refractivity contribution in [1.82, 2.24) is 19.2 Å². The van der Waals surface area contributed by atoms with E-state index in [1.165, 1.54) is 11.8 Å². The van der Waals surface area contributed by atoms with Crippen LogP contribution in [0.5, 0.6) is 5.75 Å². The molecule has 0 spiro atoms. The highest BCUT2D eigenvalue weighted by Crippen LogP contribution is 2.28. The second-order valence-electron chi connectivity index (χ2n) is 7.99.